The van der Waals surface area contributed by atoms with Gasteiger partial charge in [-0.25, -0.2) is 13.1 Å². The lowest BCUT2D eigenvalue weighted by molar-refractivity contribution is 0.472. The molecule has 2 aromatic carbocycles. The summed E-state index contributed by atoms with van der Waals surface area (Å²) in [5.41, 5.74) is 2.31. The Hall–Kier alpha value is -1.65. The van der Waals surface area contributed by atoms with E-state index in [1.54, 1.807) is 12.1 Å². The Bertz CT molecular complexity index is 735. The Morgan fingerprint density at radius 2 is 1.52 bits per heavy atom. The van der Waals surface area contributed by atoms with Crippen LogP contribution in [0.4, 0.5) is 0 Å². The van der Waals surface area contributed by atoms with Gasteiger partial charge in [0.1, 0.15) is 0 Å². The third-order valence-corrected chi connectivity index (χ3v) is 5.33. The highest BCUT2D eigenvalue weighted by molar-refractivity contribution is 7.89. The van der Waals surface area contributed by atoms with Crippen molar-refractivity contribution in [3.05, 3.63) is 65.2 Å². The average Bonchev–Trinajstić information content (AvgIpc) is 2.41. The zero-order valence-electron chi connectivity index (χ0n) is 12.8. The zero-order valence-corrected chi connectivity index (χ0v) is 13.7. The standard InChI is InChI=1S/C17H21NO2S/c1-13-10-11-16(12-14(13)2)21(19,20)18-17(3,4)15-8-6-5-7-9-15/h5-12,18H,1-4H3. The topological polar surface area (TPSA) is 46.2 Å². The first kappa shape index (κ1) is 15.7. The molecule has 0 heterocycles. The Labute approximate surface area is 127 Å². The predicted molar refractivity (Wildman–Crippen MR) is 85.7 cm³/mol. The van der Waals surface area contributed by atoms with Crippen LogP contribution >= 0.6 is 0 Å². The Balaban J connectivity index is 2.35. The molecule has 0 radical (unpaired) electrons. The lowest BCUT2D eigenvalue weighted by Gasteiger charge is -2.26. The second-order valence-electron chi connectivity index (χ2n) is 5.84. The van der Waals surface area contributed by atoms with E-state index in [1.165, 1.54) is 0 Å². The Morgan fingerprint density at radius 1 is 0.905 bits per heavy atom. The van der Waals surface area contributed by atoms with E-state index < -0.39 is 15.6 Å². The molecule has 1 N–H and O–H groups in total. The van der Waals surface area contributed by atoms with Gasteiger partial charge in [0.05, 0.1) is 10.4 Å². The van der Waals surface area contributed by atoms with Crippen LogP contribution in [0.5, 0.6) is 0 Å². The Kier molecular flexibility index (Phi) is 4.21. The van der Waals surface area contributed by atoms with E-state index in [-0.39, 0.29) is 0 Å². The molecule has 0 atom stereocenters. The molecule has 0 amide bonds. The van der Waals surface area contributed by atoms with Crippen molar-refractivity contribution in [1.29, 1.82) is 0 Å². The normalized spacial score (nSPS) is 12.4. The van der Waals surface area contributed by atoms with Gasteiger partial charge >= 0.3 is 0 Å². The van der Waals surface area contributed by atoms with Gasteiger partial charge in [-0.2, -0.15) is 0 Å². The maximum absolute atomic E-state index is 12.6. The second kappa shape index (κ2) is 5.62. The third-order valence-electron chi connectivity index (χ3n) is 3.67. The van der Waals surface area contributed by atoms with Crippen molar-refractivity contribution >= 4 is 10.0 Å². The molecule has 2 rings (SSSR count). The van der Waals surface area contributed by atoms with Crippen LogP contribution < -0.4 is 4.72 Å². The van der Waals surface area contributed by atoms with Crippen LogP contribution in [-0.4, -0.2) is 8.42 Å². The van der Waals surface area contributed by atoms with Gasteiger partial charge in [0.25, 0.3) is 0 Å². The first-order valence-electron chi connectivity index (χ1n) is 6.89. The minimum absolute atomic E-state index is 0.301. The van der Waals surface area contributed by atoms with E-state index in [9.17, 15) is 8.42 Å². The summed E-state index contributed by atoms with van der Waals surface area (Å²) in [6, 6.07) is 14.7. The SMILES string of the molecule is Cc1ccc(S(=O)(=O)NC(C)(C)c2ccccc2)cc1C. The highest BCUT2D eigenvalue weighted by Gasteiger charge is 2.27. The van der Waals surface area contributed by atoms with Crippen LogP contribution in [0, 0.1) is 13.8 Å². The molecule has 4 heteroatoms. The maximum atomic E-state index is 12.6. The van der Waals surface area contributed by atoms with Crippen molar-refractivity contribution in [3.8, 4) is 0 Å². The summed E-state index contributed by atoms with van der Waals surface area (Å²) in [7, 11) is -3.56. The minimum Gasteiger partial charge on any atom is -0.207 e. The van der Waals surface area contributed by atoms with E-state index in [1.807, 2.05) is 64.1 Å². The number of hydrogen-bond acceptors (Lipinski definition) is 2. The number of benzene rings is 2. The first-order valence-corrected chi connectivity index (χ1v) is 8.37. The van der Waals surface area contributed by atoms with Crippen molar-refractivity contribution in [2.75, 3.05) is 0 Å². The molecule has 0 aromatic heterocycles. The monoisotopic (exact) mass is 303 g/mol. The molecule has 0 aliphatic rings. The average molecular weight is 303 g/mol. The van der Waals surface area contributed by atoms with Crippen molar-refractivity contribution in [3.63, 3.8) is 0 Å². The number of aryl methyl sites for hydroxylation is 2. The fraction of sp³-hybridized carbons (Fsp3) is 0.294. The summed E-state index contributed by atoms with van der Waals surface area (Å²) in [6.07, 6.45) is 0. The van der Waals surface area contributed by atoms with Crippen LogP contribution in [0.25, 0.3) is 0 Å². The van der Waals surface area contributed by atoms with Crippen molar-refractivity contribution < 1.29 is 8.42 Å². The van der Waals surface area contributed by atoms with Gasteiger partial charge in [-0.3, -0.25) is 0 Å². The summed E-state index contributed by atoms with van der Waals surface area (Å²) < 4.78 is 27.9. The van der Waals surface area contributed by atoms with Crippen LogP contribution in [0.2, 0.25) is 0 Å². The number of nitrogens with one attached hydrogen (secondary N) is 1. The van der Waals surface area contributed by atoms with E-state index >= 15 is 0 Å². The predicted octanol–water partition coefficient (Wildman–Crippen LogP) is 3.52. The molecular weight excluding hydrogens is 282 g/mol. The second-order valence-corrected chi connectivity index (χ2v) is 7.52. The van der Waals surface area contributed by atoms with Gasteiger partial charge in [-0.1, -0.05) is 36.4 Å². The molecule has 0 saturated heterocycles. The molecule has 21 heavy (non-hydrogen) atoms. The zero-order chi connectivity index (χ0) is 15.7. The van der Waals surface area contributed by atoms with E-state index in [0.717, 1.165) is 16.7 Å². The number of sulfonamides is 1. The lowest BCUT2D eigenvalue weighted by atomic mass is 9.96. The first-order chi connectivity index (χ1) is 9.72. The number of hydrogen-bond donors (Lipinski definition) is 1. The van der Waals surface area contributed by atoms with Gasteiger partial charge in [0.15, 0.2) is 0 Å². The van der Waals surface area contributed by atoms with Gasteiger partial charge < -0.3 is 0 Å². The van der Waals surface area contributed by atoms with Gasteiger partial charge in [-0.05, 0) is 56.5 Å². The highest BCUT2D eigenvalue weighted by Crippen LogP contribution is 2.23. The van der Waals surface area contributed by atoms with E-state index in [4.69, 9.17) is 0 Å². The molecule has 0 bridgehead atoms. The van der Waals surface area contributed by atoms with E-state index in [0.29, 0.717) is 4.90 Å². The highest BCUT2D eigenvalue weighted by atomic mass is 32.2. The molecule has 112 valence electrons. The van der Waals surface area contributed by atoms with Gasteiger partial charge in [0.2, 0.25) is 10.0 Å². The van der Waals surface area contributed by atoms with Crippen LogP contribution in [0.3, 0.4) is 0 Å². The molecule has 0 spiro atoms. The summed E-state index contributed by atoms with van der Waals surface area (Å²) in [4.78, 5) is 0.301. The van der Waals surface area contributed by atoms with Crippen LogP contribution in [-0.2, 0) is 15.6 Å². The largest absolute Gasteiger partial charge is 0.241 e. The lowest BCUT2D eigenvalue weighted by Crippen LogP contribution is -2.40. The smallest absolute Gasteiger partial charge is 0.207 e. The molecular formula is C17H21NO2S. The minimum atomic E-state index is -3.56. The molecule has 0 fully saturated rings. The van der Waals surface area contributed by atoms with E-state index in [2.05, 4.69) is 4.72 Å². The number of rotatable bonds is 4. The quantitative estimate of drug-likeness (QED) is 0.939. The van der Waals surface area contributed by atoms with Crippen LogP contribution in [0.1, 0.15) is 30.5 Å². The summed E-state index contributed by atoms with van der Waals surface area (Å²) in [5, 5.41) is 0. The van der Waals surface area contributed by atoms with Gasteiger partial charge in [0, 0.05) is 0 Å². The molecule has 0 aliphatic heterocycles. The van der Waals surface area contributed by atoms with Gasteiger partial charge in [-0.15, -0.1) is 0 Å². The van der Waals surface area contributed by atoms with Crippen LogP contribution in [0.15, 0.2) is 53.4 Å². The summed E-state index contributed by atoms with van der Waals surface area (Å²) in [6.45, 7) is 7.60. The fourth-order valence-electron chi connectivity index (χ4n) is 2.19. The fourth-order valence-corrected chi connectivity index (χ4v) is 3.68. The van der Waals surface area contributed by atoms with Crippen molar-refractivity contribution in [2.45, 2.75) is 38.1 Å². The summed E-state index contributed by atoms with van der Waals surface area (Å²) in [5.74, 6) is 0. The molecule has 3 nitrogen and oxygen atoms in total. The Morgan fingerprint density at radius 3 is 2.10 bits per heavy atom. The molecule has 2 aromatic rings. The maximum Gasteiger partial charge on any atom is 0.241 e. The van der Waals surface area contributed by atoms with Crippen molar-refractivity contribution in [1.82, 2.24) is 4.72 Å². The molecule has 0 unspecified atom stereocenters. The third kappa shape index (κ3) is 3.52. The van der Waals surface area contributed by atoms with Crippen molar-refractivity contribution in [2.24, 2.45) is 0 Å². The molecule has 0 aliphatic carbocycles. The summed E-state index contributed by atoms with van der Waals surface area (Å²) >= 11 is 0. The molecule has 0 saturated carbocycles.